The molecule has 1 unspecified atom stereocenters. The summed E-state index contributed by atoms with van der Waals surface area (Å²) in [5, 5.41) is 7.60. The first kappa shape index (κ1) is 20.3. The molecule has 0 saturated carbocycles. The molecule has 4 nitrogen and oxygen atoms in total. The van der Waals surface area contributed by atoms with Crippen LogP contribution >= 0.6 is 12.6 Å². The number of hydrogen-bond acceptors (Lipinski definition) is 4. The zero-order valence-corrected chi connectivity index (χ0v) is 12.8. The Morgan fingerprint density at radius 3 is 2.37 bits per heavy atom. The molecule has 0 radical (unpaired) electrons. The van der Waals surface area contributed by atoms with Crippen LogP contribution in [0.4, 0.5) is 0 Å². The molecule has 19 heavy (non-hydrogen) atoms. The zero-order valence-electron chi connectivity index (χ0n) is 11.9. The summed E-state index contributed by atoms with van der Waals surface area (Å²) in [6.07, 6.45) is 5.95. The largest absolute Gasteiger partial charge is 0.478 e. The third kappa shape index (κ3) is 17.0. The minimum atomic E-state index is -0.981. The smallest absolute Gasteiger partial charge is 0.327 e. The van der Waals surface area contributed by atoms with Crippen molar-refractivity contribution in [2.24, 2.45) is 5.92 Å². The van der Waals surface area contributed by atoms with Gasteiger partial charge in [0.05, 0.1) is 13.0 Å². The van der Waals surface area contributed by atoms with Crippen LogP contribution in [0.15, 0.2) is 12.7 Å². The molecule has 0 heterocycles. The van der Waals surface area contributed by atoms with E-state index in [-0.39, 0.29) is 5.97 Å². The molecule has 0 aliphatic heterocycles. The number of hydrogen-bond donors (Lipinski definition) is 2. The normalized spacial score (nSPS) is 10.9. The van der Waals surface area contributed by atoms with Gasteiger partial charge < -0.3 is 9.84 Å². The Morgan fingerprint density at radius 2 is 2.00 bits per heavy atom. The Labute approximate surface area is 121 Å². The van der Waals surface area contributed by atoms with Gasteiger partial charge in [0.25, 0.3) is 0 Å². The number of unbranched alkanes of at least 4 members (excludes halogenated alkanes) is 1. The monoisotopic (exact) mass is 290 g/mol. The molecular weight excluding hydrogens is 264 g/mol. The maximum absolute atomic E-state index is 11.1. The predicted octanol–water partition coefficient (Wildman–Crippen LogP) is 3.32. The highest BCUT2D eigenvalue weighted by Gasteiger charge is 2.08. The van der Waals surface area contributed by atoms with Crippen molar-refractivity contribution in [3.63, 3.8) is 0 Å². The number of carboxylic acid groups (broad SMARTS) is 1. The molecule has 0 aliphatic rings. The average molecular weight is 290 g/mol. The highest BCUT2D eigenvalue weighted by Crippen LogP contribution is 2.13. The van der Waals surface area contributed by atoms with Gasteiger partial charge in [-0.15, -0.1) is 0 Å². The second-order valence-electron chi connectivity index (χ2n) is 4.12. The van der Waals surface area contributed by atoms with E-state index in [0.29, 0.717) is 24.7 Å². The molecule has 0 bridgehead atoms. The molecule has 0 spiro atoms. The lowest BCUT2D eigenvalue weighted by molar-refractivity contribution is -0.144. The van der Waals surface area contributed by atoms with Crippen LogP contribution in [0.25, 0.3) is 0 Å². The molecule has 0 saturated heterocycles. The lowest BCUT2D eigenvalue weighted by Crippen LogP contribution is -2.13. The molecule has 1 N–H and O–H groups in total. The number of carbonyl (C=O) groups is 2. The minimum Gasteiger partial charge on any atom is -0.478 e. The fourth-order valence-corrected chi connectivity index (χ4v) is 1.45. The summed E-state index contributed by atoms with van der Waals surface area (Å²) in [5.41, 5.74) is 0. The molecule has 112 valence electrons. The molecule has 0 amide bonds. The molecular formula is C14H26O4S. The summed E-state index contributed by atoms with van der Waals surface area (Å²) in [4.78, 5) is 20.3. The topological polar surface area (TPSA) is 63.6 Å². The second kappa shape index (κ2) is 15.1. The van der Waals surface area contributed by atoms with E-state index in [4.69, 9.17) is 9.84 Å². The standard InChI is InChI=1S/C11H22O2S.C3H4O2/c1-3-5-6-10(4-2)9-13-11(12)7-8-14;1-2-3(4)5/h10,14H,3-9H2,1-2H3;2H,1H2,(H,4,5). The number of thiol groups is 1. The van der Waals surface area contributed by atoms with Crippen molar-refractivity contribution in [3.8, 4) is 0 Å². The number of carbonyl (C=O) groups excluding carboxylic acids is 1. The SMILES string of the molecule is C=CC(=O)O.CCCCC(CC)COC(=O)CCS. The fraction of sp³-hybridized carbons (Fsp3) is 0.714. The van der Waals surface area contributed by atoms with Gasteiger partial charge in [0, 0.05) is 11.8 Å². The number of esters is 1. The first-order valence-electron chi connectivity index (χ1n) is 6.63. The van der Waals surface area contributed by atoms with Gasteiger partial charge >= 0.3 is 11.9 Å². The Hall–Kier alpha value is -0.970. The van der Waals surface area contributed by atoms with Crippen molar-refractivity contribution in [1.82, 2.24) is 0 Å². The van der Waals surface area contributed by atoms with E-state index in [2.05, 4.69) is 33.1 Å². The summed E-state index contributed by atoms with van der Waals surface area (Å²) < 4.78 is 5.14. The Balaban J connectivity index is 0. The van der Waals surface area contributed by atoms with Crippen molar-refractivity contribution < 1.29 is 19.4 Å². The molecule has 5 heteroatoms. The zero-order chi connectivity index (χ0) is 15.1. The number of rotatable bonds is 9. The molecule has 0 rings (SSSR count). The third-order valence-corrected chi connectivity index (χ3v) is 2.74. The lowest BCUT2D eigenvalue weighted by Gasteiger charge is -2.14. The predicted molar refractivity (Wildman–Crippen MR) is 80.6 cm³/mol. The van der Waals surface area contributed by atoms with Gasteiger partial charge in [-0.3, -0.25) is 4.79 Å². The van der Waals surface area contributed by atoms with Crippen LogP contribution in [-0.4, -0.2) is 29.4 Å². The first-order valence-corrected chi connectivity index (χ1v) is 7.26. The van der Waals surface area contributed by atoms with Crippen molar-refractivity contribution in [2.75, 3.05) is 12.4 Å². The molecule has 0 aromatic rings. The maximum Gasteiger partial charge on any atom is 0.327 e. The van der Waals surface area contributed by atoms with Crippen molar-refractivity contribution in [3.05, 3.63) is 12.7 Å². The van der Waals surface area contributed by atoms with Gasteiger partial charge in [-0.25, -0.2) is 4.79 Å². The Morgan fingerprint density at radius 1 is 1.42 bits per heavy atom. The number of carboxylic acids is 1. The quantitative estimate of drug-likeness (QED) is 0.388. The highest BCUT2D eigenvalue weighted by atomic mass is 32.1. The first-order chi connectivity index (χ1) is 9.01. The molecule has 0 aromatic heterocycles. The lowest BCUT2D eigenvalue weighted by atomic mass is 10.0. The van der Waals surface area contributed by atoms with E-state index in [9.17, 15) is 9.59 Å². The molecule has 1 atom stereocenters. The molecule has 0 aromatic carbocycles. The number of aliphatic carboxylic acids is 1. The minimum absolute atomic E-state index is 0.116. The van der Waals surface area contributed by atoms with Crippen LogP contribution in [0.3, 0.4) is 0 Å². The Bertz CT molecular complexity index is 254. The van der Waals surface area contributed by atoms with Crippen LogP contribution in [0.1, 0.15) is 46.0 Å². The van der Waals surface area contributed by atoms with Crippen LogP contribution in [0.2, 0.25) is 0 Å². The van der Waals surface area contributed by atoms with Gasteiger partial charge in [0.2, 0.25) is 0 Å². The van der Waals surface area contributed by atoms with Crippen molar-refractivity contribution in [1.29, 1.82) is 0 Å². The second-order valence-corrected chi connectivity index (χ2v) is 4.56. The maximum atomic E-state index is 11.1. The van der Waals surface area contributed by atoms with E-state index < -0.39 is 5.97 Å². The summed E-state index contributed by atoms with van der Waals surface area (Å²) >= 11 is 3.98. The molecule has 0 aliphatic carbocycles. The van der Waals surface area contributed by atoms with E-state index in [1.165, 1.54) is 19.3 Å². The summed E-state index contributed by atoms with van der Waals surface area (Å²) in [6, 6.07) is 0. The van der Waals surface area contributed by atoms with Crippen molar-refractivity contribution >= 4 is 24.6 Å². The summed E-state index contributed by atoms with van der Waals surface area (Å²) in [6.45, 7) is 7.87. The van der Waals surface area contributed by atoms with Crippen LogP contribution in [0, 0.1) is 5.92 Å². The van der Waals surface area contributed by atoms with Crippen LogP contribution < -0.4 is 0 Å². The fourth-order valence-electron chi connectivity index (χ4n) is 1.27. The van der Waals surface area contributed by atoms with E-state index in [1.54, 1.807) is 0 Å². The van der Waals surface area contributed by atoms with Crippen LogP contribution in [0.5, 0.6) is 0 Å². The Kier molecular flexibility index (Phi) is 16.2. The highest BCUT2D eigenvalue weighted by molar-refractivity contribution is 7.80. The molecule has 0 fully saturated rings. The van der Waals surface area contributed by atoms with Gasteiger partial charge in [-0.2, -0.15) is 12.6 Å². The van der Waals surface area contributed by atoms with E-state index >= 15 is 0 Å². The van der Waals surface area contributed by atoms with Gasteiger partial charge in [0.15, 0.2) is 0 Å². The average Bonchev–Trinajstić information content (AvgIpc) is 2.40. The van der Waals surface area contributed by atoms with E-state index in [0.717, 1.165) is 12.5 Å². The summed E-state index contributed by atoms with van der Waals surface area (Å²) in [5.74, 6) is 0.0173. The van der Waals surface area contributed by atoms with Crippen LogP contribution in [-0.2, 0) is 14.3 Å². The van der Waals surface area contributed by atoms with Gasteiger partial charge in [-0.1, -0.05) is 39.7 Å². The van der Waals surface area contributed by atoms with Gasteiger partial charge in [0.1, 0.15) is 0 Å². The van der Waals surface area contributed by atoms with Crippen molar-refractivity contribution in [2.45, 2.75) is 46.0 Å². The summed E-state index contributed by atoms with van der Waals surface area (Å²) in [7, 11) is 0. The number of ether oxygens (including phenoxy) is 1. The third-order valence-electron chi connectivity index (χ3n) is 2.51. The van der Waals surface area contributed by atoms with E-state index in [1.807, 2.05) is 0 Å². The van der Waals surface area contributed by atoms with Gasteiger partial charge in [-0.05, 0) is 12.3 Å².